The second kappa shape index (κ2) is 5.80. The third-order valence-electron chi connectivity index (χ3n) is 3.02. The molecule has 1 aliphatic rings. The highest BCUT2D eigenvalue weighted by Gasteiger charge is 2.30. The Morgan fingerprint density at radius 3 is 2.63 bits per heavy atom. The lowest BCUT2D eigenvalue weighted by molar-refractivity contribution is -0.117. The molecule has 1 amide bonds. The molecule has 0 aromatic heterocycles. The van der Waals surface area contributed by atoms with Crippen molar-refractivity contribution in [3.8, 4) is 6.07 Å². The van der Waals surface area contributed by atoms with Gasteiger partial charge in [-0.2, -0.15) is 5.26 Å². The fraction of sp³-hybridized carbons (Fsp3) is 0.385. The van der Waals surface area contributed by atoms with Crippen molar-refractivity contribution in [2.24, 2.45) is 0 Å². The molecule has 0 radical (unpaired) electrons. The number of amides is 1. The van der Waals surface area contributed by atoms with E-state index in [4.69, 9.17) is 5.26 Å². The van der Waals surface area contributed by atoms with E-state index in [9.17, 15) is 15.0 Å². The van der Waals surface area contributed by atoms with Crippen LogP contribution in [-0.2, 0) is 4.79 Å². The number of para-hydroxylation sites is 1. The van der Waals surface area contributed by atoms with Crippen molar-refractivity contribution in [2.75, 3.05) is 25.0 Å². The molecule has 1 fully saturated rings. The first-order valence-corrected chi connectivity index (χ1v) is 5.97. The zero-order valence-corrected chi connectivity index (χ0v) is 10.3. The quantitative estimate of drug-likeness (QED) is 0.684. The van der Waals surface area contributed by atoms with Gasteiger partial charge in [-0.15, -0.1) is 0 Å². The van der Waals surface area contributed by atoms with Gasteiger partial charge in [-0.25, -0.2) is 0 Å². The summed E-state index contributed by atoms with van der Waals surface area (Å²) in [6.07, 6.45) is -1.61. The lowest BCUT2D eigenvalue weighted by atomic mass is 10.2. The van der Waals surface area contributed by atoms with Crippen LogP contribution in [-0.4, -0.2) is 52.9 Å². The Balaban J connectivity index is 1.93. The van der Waals surface area contributed by atoms with Gasteiger partial charge in [0.15, 0.2) is 0 Å². The van der Waals surface area contributed by atoms with E-state index in [1.807, 2.05) is 6.07 Å². The van der Waals surface area contributed by atoms with Gasteiger partial charge >= 0.3 is 0 Å². The summed E-state index contributed by atoms with van der Waals surface area (Å²) in [6.45, 7) is 0.622. The number of carbonyl (C=O) groups is 1. The van der Waals surface area contributed by atoms with Crippen molar-refractivity contribution in [2.45, 2.75) is 12.2 Å². The van der Waals surface area contributed by atoms with Crippen molar-refractivity contribution in [1.29, 1.82) is 5.26 Å². The first-order valence-electron chi connectivity index (χ1n) is 5.97. The fourth-order valence-corrected chi connectivity index (χ4v) is 2.06. The molecule has 6 heteroatoms. The van der Waals surface area contributed by atoms with Crippen LogP contribution >= 0.6 is 0 Å². The minimum absolute atomic E-state index is 0.0773. The van der Waals surface area contributed by atoms with Crippen LogP contribution in [0.25, 0.3) is 0 Å². The number of nitrogens with zero attached hydrogens (tertiary/aromatic N) is 2. The molecule has 0 spiro atoms. The molecular weight excluding hydrogens is 246 g/mol. The highest BCUT2D eigenvalue weighted by Crippen LogP contribution is 2.14. The predicted molar refractivity (Wildman–Crippen MR) is 68.2 cm³/mol. The lowest BCUT2D eigenvalue weighted by Crippen LogP contribution is -2.32. The van der Waals surface area contributed by atoms with Crippen molar-refractivity contribution < 1.29 is 15.0 Å². The molecule has 1 saturated heterocycles. The van der Waals surface area contributed by atoms with Crippen molar-refractivity contribution in [3.63, 3.8) is 0 Å². The van der Waals surface area contributed by atoms with Crippen LogP contribution in [0.4, 0.5) is 5.69 Å². The summed E-state index contributed by atoms with van der Waals surface area (Å²) in [6, 6.07) is 8.74. The first-order chi connectivity index (χ1) is 9.10. The van der Waals surface area contributed by atoms with Gasteiger partial charge in [-0.05, 0) is 12.1 Å². The van der Waals surface area contributed by atoms with Gasteiger partial charge < -0.3 is 15.5 Å². The van der Waals surface area contributed by atoms with Gasteiger partial charge in [-0.3, -0.25) is 9.69 Å². The zero-order valence-electron chi connectivity index (χ0n) is 10.3. The molecule has 1 heterocycles. The van der Waals surface area contributed by atoms with E-state index in [2.05, 4.69) is 5.32 Å². The molecule has 19 heavy (non-hydrogen) atoms. The maximum atomic E-state index is 11.8. The van der Waals surface area contributed by atoms with E-state index in [1.54, 1.807) is 29.2 Å². The molecule has 1 aromatic rings. The van der Waals surface area contributed by atoms with Crippen LogP contribution in [0.2, 0.25) is 0 Å². The minimum atomic E-state index is -0.806. The van der Waals surface area contributed by atoms with E-state index in [0.29, 0.717) is 11.3 Å². The average Bonchev–Trinajstić information content (AvgIpc) is 2.68. The average molecular weight is 261 g/mol. The Morgan fingerprint density at radius 1 is 1.37 bits per heavy atom. The number of nitrogens with one attached hydrogen (secondary N) is 1. The molecule has 0 aliphatic carbocycles. The Morgan fingerprint density at radius 2 is 2.00 bits per heavy atom. The Bertz CT molecular complexity index is 502. The van der Waals surface area contributed by atoms with Gasteiger partial charge in [0.1, 0.15) is 6.07 Å². The summed E-state index contributed by atoms with van der Waals surface area (Å²) in [7, 11) is 0. The number of β-amino-alcohol motifs (C(OH)–C–C–N with tert-alkyl or cyclic N) is 2. The Kier molecular flexibility index (Phi) is 4.12. The molecule has 2 rings (SSSR count). The maximum Gasteiger partial charge on any atom is 0.238 e. The zero-order chi connectivity index (χ0) is 13.8. The smallest absolute Gasteiger partial charge is 0.238 e. The standard InChI is InChI=1S/C13H15N3O3/c14-5-9-3-1-2-4-10(9)15-13(19)8-16-6-11(17)12(18)7-16/h1-4,11-12,17-18H,6-8H2,(H,15,19). The molecule has 0 bridgehead atoms. The van der Waals surface area contributed by atoms with Gasteiger partial charge in [0.25, 0.3) is 0 Å². The van der Waals surface area contributed by atoms with Crippen LogP contribution in [0, 0.1) is 11.3 Å². The normalized spacial score (nSPS) is 23.0. The number of aliphatic hydroxyl groups excluding tert-OH is 2. The topological polar surface area (TPSA) is 96.6 Å². The highest BCUT2D eigenvalue weighted by molar-refractivity contribution is 5.93. The van der Waals surface area contributed by atoms with Crippen LogP contribution in [0.15, 0.2) is 24.3 Å². The number of rotatable bonds is 3. The fourth-order valence-electron chi connectivity index (χ4n) is 2.06. The summed E-state index contributed by atoms with van der Waals surface area (Å²) >= 11 is 0. The van der Waals surface area contributed by atoms with Gasteiger partial charge in [0, 0.05) is 13.1 Å². The Hall–Kier alpha value is -1.94. The second-order valence-electron chi connectivity index (χ2n) is 4.53. The molecule has 2 atom stereocenters. The Labute approximate surface area is 110 Å². The van der Waals surface area contributed by atoms with Crippen molar-refractivity contribution in [1.82, 2.24) is 4.90 Å². The molecular formula is C13H15N3O3. The summed E-state index contributed by atoms with van der Waals surface area (Å²) in [4.78, 5) is 13.5. The molecule has 0 saturated carbocycles. The lowest BCUT2D eigenvalue weighted by Gasteiger charge is -2.14. The molecule has 6 nitrogen and oxygen atoms in total. The van der Waals surface area contributed by atoms with Gasteiger partial charge in [0.2, 0.25) is 5.91 Å². The number of hydrogen-bond donors (Lipinski definition) is 3. The van der Waals surface area contributed by atoms with E-state index in [-0.39, 0.29) is 25.5 Å². The third kappa shape index (κ3) is 3.29. The highest BCUT2D eigenvalue weighted by atomic mass is 16.3. The number of carbonyl (C=O) groups excluding carboxylic acids is 1. The number of nitriles is 1. The molecule has 3 N–H and O–H groups in total. The van der Waals surface area contributed by atoms with Crippen LogP contribution in [0.1, 0.15) is 5.56 Å². The van der Waals surface area contributed by atoms with Crippen molar-refractivity contribution in [3.05, 3.63) is 29.8 Å². The van der Waals surface area contributed by atoms with Crippen LogP contribution in [0.3, 0.4) is 0 Å². The van der Waals surface area contributed by atoms with E-state index in [1.165, 1.54) is 0 Å². The van der Waals surface area contributed by atoms with Gasteiger partial charge in [0.05, 0.1) is 30.0 Å². The number of likely N-dealkylation sites (tertiary alicyclic amines) is 1. The number of hydrogen-bond acceptors (Lipinski definition) is 5. The maximum absolute atomic E-state index is 11.8. The number of aliphatic hydroxyl groups is 2. The van der Waals surface area contributed by atoms with E-state index < -0.39 is 12.2 Å². The summed E-state index contributed by atoms with van der Waals surface area (Å²) in [5.74, 6) is -0.274. The predicted octanol–water partition coefficient (Wildman–Crippen LogP) is -0.466. The monoisotopic (exact) mass is 261 g/mol. The largest absolute Gasteiger partial charge is 0.389 e. The molecule has 1 aromatic carbocycles. The molecule has 100 valence electrons. The van der Waals surface area contributed by atoms with Crippen LogP contribution in [0.5, 0.6) is 0 Å². The summed E-state index contributed by atoms with van der Waals surface area (Å²) in [5.41, 5.74) is 0.868. The molecule has 1 aliphatic heterocycles. The second-order valence-corrected chi connectivity index (χ2v) is 4.53. The third-order valence-corrected chi connectivity index (χ3v) is 3.02. The number of benzene rings is 1. The van der Waals surface area contributed by atoms with E-state index in [0.717, 1.165) is 0 Å². The molecule has 2 unspecified atom stereocenters. The van der Waals surface area contributed by atoms with E-state index >= 15 is 0 Å². The SMILES string of the molecule is N#Cc1ccccc1NC(=O)CN1CC(O)C(O)C1. The summed E-state index contributed by atoms with van der Waals surface area (Å²) in [5, 5.41) is 30.3. The first kappa shape index (κ1) is 13.5. The minimum Gasteiger partial charge on any atom is -0.389 e. The van der Waals surface area contributed by atoms with Crippen LogP contribution < -0.4 is 5.32 Å². The summed E-state index contributed by atoms with van der Waals surface area (Å²) < 4.78 is 0. The van der Waals surface area contributed by atoms with Crippen molar-refractivity contribution >= 4 is 11.6 Å². The number of anilines is 1. The van der Waals surface area contributed by atoms with Gasteiger partial charge in [-0.1, -0.05) is 12.1 Å².